The molecule has 0 radical (unpaired) electrons. The molecule has 2 aromatic carbocycles. The van der Waals surface area contributed by atoms with E-state index in [2.05, 4.69) is 34.1 Å². The van der Waals surface area contributed by atoms with Crippen LogP contribution in [0.4, 0.5) is 0 Å². The summed E-state index contributed by atoms with van der Waals surface area (Å²) in [5.41, 5.74) is 2.45. The molecule has 1 aliphatic rings. The fraction of sp³-hybridized carbons (Fsp3) is 0.538. The smallest absolute Gasteiger partial charge is 0.324 e. The molecule has 2 aromatic rings. The van der Waals surface area contributed by atoms with E-state index in [0.29, 0.717) is 26.2 Å². The lowest BCUT2D eigenvalue weighted by Gasteiger charge is -2.32. The zero-order valence-corrected chi connectivity index (χ0v) is 23.8. The van der Waals surface area contributed by atoms with E-state index in [1.807, 2.05) is 36.4 Å². The standard InChI is InChI=1S/C26H42N4O6P2/c31-37(32,33)23-29-15-7-13-27(21-25-9-3-1-4-10-25)17-18-28(22-26-11-5-2-6-12-26)14-8-16-30(20-19-29)24-38(34,35)36/h1-6,9-12H,7-8,13-24H2,(H2,31,32,33)(H2,34,35,36). The van der Waals surface area contributed by atoms with Crippen molar-refractivity contribution in [3.05, 3.63) is 71.8 Å². The maximum Gasteiger partial charge on any atom is 0.339 e. The highest BCUT2D eigenvalue weighted by atomic mass is 31.2. The van der Waals surface area contributed by atoms with Gasteiger partial charge in [-0.3, -0.25) is 28.7 Å². The average molecular weight is 569 g/mol. The summed E-state index contributed by atoms with van der Waals surface area (Å²) in [5.74, 6) is 0. The largest absolute Gasteiger partial charge is 0.339 e. The number of hydrogen-bond acceptors (Lipinski definition) is 6. The minimum absolute atomic E-state index is 0.331. The predicted molar refractivity (Wildman–Crippen MR) is 150 cm³/mol. The average Bonchev–Trinajstić information content (AvgIpc) is 2.84. The van der Waals surface area contributed by atoms with E-state index >= 15 is 0 Å². The SMILES string of the molecule is O=P(O)(O)CN1CCCN(Cc2ccccc2)CCN(Cc2ccccc2)CCCN(CP(=O)(O)O)CC1. The number of nitrogens with zero attached hydrogens (tertiary/aromatic N) is 4. The molecule has 212 valence electrons. The highest BCUT2D eigenvalue weighted by Gasteiger charge is 2.23. The first kappa shape index (κ1) is 31.1. The van der Waals surface area contributed by atoms with Gasteiger partial charge in [-0.25, -0.2) is 0 Å². The van der Waals surface area contributed by atoms with Crippen LogP contribution in [0.2, 0.25) is 0 Å². The molecule has 0 saturated carbocycles. The molecule has 12 heteroatoms. The molecule has 0 atom stereocenters. The highest BCUT2D eigenvalue weighted by Crippen LogP contribution is 2.36. The second-order valence-corrected chi connectivity index (χ2v) is 13.3. The second kappa shape index (κ2) is 15.4. The molecule has 0 aromatic heterocycles. The molecule has 10 nitrogen and oxygen atoms in total. The lowest BCUT2D eigenvalue weighted by Crippen LogP contribution is -2.41. The molecule has 0 unspecified atom stereocenters. The molecular formula is C26H42N4O6P2. The lowest BCUT2D eigenvalue weighted by molar-refractivity contribution is 0.159. The third kappa shape index (κ3) is 13.1. The zero-order valence-electron chi connectivity index (χ0n) is 22.0. The van der Waals surface area contributed by atoms with E-state index in [0.717, 1.165) is 52.1 Å². The molecule has 1 aliphatic heterocycles. The van der Waals surface area contributed by atoms with Crippen LogP contribution in [0.5, 0.6) is 0 Å². The first-order valence-corrected chi connectivity index (χ1v) is 16.7. The predicted octanol–water partition coefficient (Wildman–Crippen LogP) is 2.66. The van der Waals surface area contributed by atoms with Gasteiger partial charge in [-0.15, -0.1) is 0 Å². The number of rotatable bonds is 8. The maximum atomic E-state index is 11.8. The van der Waals surface area contributed by atoms with Gasteiger partial charge in [-0.1, -0.05) is 60.7 Å². The normalized spacial score (nSPS) is 19.3. The summed E-state index contributed by atoms with van der Waals surface area (Å²) < 4.78 is 23.6. The topological polar surface area (TPSA) is 128 Å². The van der Waals surface area contributed by atoms with Crippen LogP contribution in [0, 0.1) is 0 Å². The van der Waals surface area contributed by atoms with Crippen LogP contribution in [0.15, 0.2) is 60.7 Å². The van der Waals surface area contributed by atoms with Crippen molar-refractivity contribution in [1.29, 1.82) is 0 Å². The fourth-order valence-corrected chi connectivity index (χ4v) is 6.46. The van der Waals surface area contributed by atoms with Crippen LogP contribution in [0.1, 0.15) is 24.0 Å². The number of hydrogen-bond donors (Lipinski definition) is 4. The van der Waals surface area contributed by atoms with E-state index in [4.69, 9.17) is 0 Å². The van der Waals surface area contributed by atoms with Crippen LogP contribution in [-0.2, 0) is 22.2 Å². The summed E-state index contributed by atoms with van der Waals surface area (Å²) in [5, 5.41) is 0. The van der Waals surface area contributed by atoms with Crippen molar-refractivity contribution in [3.8, 4) is 0 Å². The fourth-order valence-electron chi connectivity index (χ4n) is 4.85. The summed E-state index contributed by atoms with van der Waals surface area (Å²) in [6, 6.07) is 20.6. The van der Waals surface area contributed by atoms with Crippen molar-refractivity contribution in [2.75, 3.05) is 64.9 Å². The molecule has 4 N–H and O–H groups in total. The van der Waals surface area contributed by atoms with Crippen LogP contribution in [0.25, 0.3) is 0 Å². The van der Waals surface area contributed by atoms with Gasteiger partial charge in [0.15, 0.2) is 0 Å². The molecule has 1 heterocycles. The summed E-state index contributed by atoms with van der Waals surface area (Å²) >= 11 is 0. The van der Waals surface area contributed by atoms with Crippen LogP contribution in [-0.4, -0.2) is 104 Å². The minimum Gasteiger partial charge on any atom is -0.324 e. The van der Waals surface area contributed by atoms with Gasteiger partial charge in [0, 0.05) is 52.4 Å². The molecule has 1 fully saturated rings. The van der Waals surface area contributed by atoms with E-state index in [1.54, 1.807) is 9.80 Å². The Labute approximate surface area is 226 Å². The van der Waals surface area contributed by atoms with Crippen molar-refractivity contribution in [2.45, 2.75) is 25.9 Å². The second-order valence-electron chi connectivity index (χ2n) is 10.1. The Balaban J connectivity index is 1.76. The molecule has 0 bridgehead atoms. The number of benzene rings is 2. The Morgan fingerprint density at radius 1 is 0.500 bits per heavy atom. The molecule has 3 rings (SSSR count). The van der Waals surface area contributed by atoms with Crippen LogP contribution < -0.4 is 0 Å². The van der Waals surface area contributed by atoms with Gasteiger partial charge in [0.2, 0.25) is 0 Å². The summed E-state index contributed by atoms with van der Waals surface area (Å²) in [6.07, 6.45) is 0.731. The molecular weight excluding hydrogens is 526 g/mol. The summed E-state index contributed by atoms with van der Waals surface area (Å²) in [6.45, 7) is 6.48. The quantitative estimate of drug-likeness (QED) is 0.353. The third-order valence-electron chi connectivity index (χ3n) is 6.63. The summed E-state index contributed by atoms with van der Waals surface area (Å²) in [7, 11) is -8.53. The Hall–Kier alpha value is -1.42. The van der Waals surface area contributed by atoms with E-state index in [-0.39, 0.29) is 12.6 Å². The van der Waals surface area contributed by atoms with Crippen molar-refractivity contribution < 1.29 is 28.7 Å². The van der Waals surface area contributed by atoms with Crippen LogP contribution >= 0.6 is 15.2 Å². The van der Waals surface area contributed by atoms with Gasteiger partial charge in [-0.2, -0.15) is 0 Å². The highest BCUT2D eigenvalue weighted by molar-refractivity contribution is 7.51. The van der Waals surface area contributed by atoms with Crippen molar-refractivity contribution in [1.82, 2.24) is 19.6 Å². The molecule has 0 amide bonds. The van der Waals surface area contributed by atoms with Gasteiger partial charge in [0.05, 0.1) is 0 Å². The van der Waals surface area contributed by atoms with Gasteiger partial charge >= 0.3 is 15.2 Å². The molecule has 0 spiro atoms. The zero-order chi connectivity index (χ0) is 27.4. The first-order chi connectivity index (χ1) is 18.1. The van der Waals surface area contributed by atoms with Crippen molar-refractivity contribution >= 4 is 15.2 Å². The van der Waals surface area contributed by atoms with Crippen LogP contribution in [0.3, 0.4) is 0 Å². The van der Waals surface area contributed by atoms with Crippen molar-refractivity contribution in [3.63, 3.8) is 0 Å². The molecule has 0 aliphatic carbocycles. The monoisotopic (exact) mass is 568 g/mol. The Bertz CT molecular complexity index is 953. The first-order valence-electron chi connectivity index (χ1n) is 13.1. The van der Waals surface area contributed by atoms with Gasteiger partial charge in [-0.05, 0) is 37.1 Å². The van der Waals surface area contributed by atoms with Gasteiger partial charge in [0.1, 0.15) is 12.6 Å². The maximum absolute atomic E-state index is 11.8. The van der Waals surface area contributed by atoms with Crippen molar-refractivity contribution in [2.24, 2.45) is 0 Å². The Morgan fingerprint density at radius 3 is 1.16 bits per heavy atom. The van der Waals surface area contributed by atoms with E-state index < -0.39 is 15.2 Å². The van der Waals surface area contributed by atoms with Gasteiger partial charge in [0.25, 0.3) is 0 Å². The Morgan fingerprint density at radius 2 is 0.816 bits per heavy atom. The molecule has 38 heavy (non-hydrogen) atoms. The van der Waals surface area contributed by atoms with Gasteiger partial charge < -0.3 is 19.6 Å². The van der Waals surface area contributed by atoms with E-state index in [1.165, 1.54) is 11.1 Å². The van der Waals surface area contributed by atoms with E-state index in [9.17, 15) is 28.7 Å². The molecule has 1 saturated heterocycles. The lowest BCUT2D eigenvalue weighted by atomic mass is 10.2. The Kier molecular flexibility index (Phi) is 12.6. The minimum atomic E-state index is -4.27. The summed E-state index contributed by atoms with van der Waals surface area (Å²) in [4.78, 5) is 46.7. The third-order valence-corrected chi connectivity index (χ3v) is 8.17.